The molecule has 118 valence electrons. The van der Waals surface area contributed by atoms with E-state index in [2.05, 4.69) is 0 Å². The number of unbranched alkanes of at least 4 members (excludes halogenated alkanes) is 4. The molecule has 0 aromatic carbocycles. The lowest BCUT2D eigenvalue weighted by atomic mass is 10.2. The van der Waals surface area contributed by atoms with Crippen molar-refractivity contribution in [2.75, 3.05) is 13.2 Å². The van der Waals surface area contributed by atoms with Crippen LogP contribution in [0.1, 0.15) is 51.9 Å². The average molecular weight is 284 g/mol. The Kier molecular flexibility index (Phi) is 27.3. The second-order valence-electron chi connectivity index (χ2n) is 3.77. The van der Waals surface area contributed by atoms with Gasteiger partial charge in [0.1, 0.15) is 0 Å². The van der Waals surface area contributed by atoms with Gasteiger partial charge in [0.2, 0.25) is 0 Å². The van der Waals surface area contributed by atoms with Gasteiger partial charge in [0.25, 0.3) is 0 Å². The molecular formula is C12H28O7. The van der Waals surface area contributed by atoms with Gasteiger partial charge in [0.05, 0.1) is 0 Å². The zero-order valence-electron chi connectivity index (χ0n) is 11.5. The van der Waals surface area contributed by atoms with Crippen molar-refractivity contribution in [2.45, 2.75) is 58.2 Å². The SMILES string of the molecule is CCCCC(O)O.O=C(O)O.OCCCCCCO. The van der Waals surface area contributed by atoms with Crippen LogP contribution in [0.3, 0.4) is 0 Å². The van der Waals surface area contributed by atoms with Crippen LogP contribution in [0.5, 0.6) is 0 Å². The molecule has 19 heavy (non-hydrogen) atoms. The summed E-state index contributed by atoms with van der Waals surface area (Å²) in [6, 6.07) is 0. The van der Waals surface area contributed by atoms with Crippen LogP contribution in [0, 0.1) is 0 Å². The molecule has 0 heterocycles. The third-order valence-corrected chi connectivity index (χ3v) is 1.88. The van der Waals surface area contributed by atoms with E-state index >= 15 is 0 Å². The van der Waals surface area contributed by atoms with Gasteiger partial charge >= 0.3 is 6.16 Å². The van der Waals surface area contributed by atoms with Gasteiger partial charge in [0, 0.05) is 13.2 Å². The fourth-order valence-electron chi connectivity index (χ4n) is 0.964. The maximum atomic E-state index is 8.56. The highest BCUT2D eigenvalue weighted by Gasteiger charge is 1.92. The van der Waals surface area contributed by atoms with E-state index in [1.54, 1.807) is 0 Å². The minimum absolute atomic E-state index is 0.283. The average Bonchev–Trinajstić information content (AvgIpc) is 2.32. The summed E-state index contributed by atoms with van der Waals surface area (Å²) >= 11 is 0. The Bertz CT molecular complexity index is 152. The van der Waals surface area contributed by atoms with Crippen LogP contribution in [-0.4, -0.2) is 56.3 Å². The molecule has 0 aromatic heterocycles. The molecule has 0 aliphatic heterocycles. The highest BCUT2D eigenvalue weighted by Crippen LogP contribution is 1.96. The van der Waals surface area contributed by atoms with E-state index in [0.29, 0.717) is 6.42 Å². The maximum Gasteiger partial charge on any atom is 0.503 e. The number of carbonyl (C=O) groups is 1. The summed E-state index contributed by atoms with van der Waals surface area (Å²) in [5, 5.41) is 47.0. The number of aliphatic hydroxyl groups is 4. The first-order valence-corrected chi connectivity index (χ1v) is 6.42. The van der Waals surface area contributed by atoms with Crippen molar-refractivity contribution in [1.29, 1.82) is 0 Å². The Hall–Kier alpha value is -0.890. The Morgan fingerprint density at radius 2 is 1.26 bits per heavy atom. The van der Waals surface area contributed by atoms with E-state index in [0.717, 1.165) is 38.5 Å². The van der Waals surface area contributed by atoms with Crippen molar-refractivity contribution >= 4 is 6.16 Å². The third kappa shape index (κ3) is 59.4. The Labute approximate surface area is 114 Å². The van der Waals surface area contributed by atoms with E-state index in [1.165, 1.54) is 0 Å². The molecule has 0 aliphatic rings. The quantitative estimate of drug-likeness (QED) is 0.291. The second-order valence-corrected chi connectivity index (χ2v) is 3.77. The molecule has 0 amide bonds. The molecule has 0 aliphatic carbocycles. The van der Waals surface area contributed by atoms with Gasteiger partial charge in [0.15, 0.2) is 6.29 Å². The summed E-state index contributed by atoms with van der Waals surface area (Å²) in [6.07, 6.45) is 3.33. The van der Waals surface area contributed by atoms with Gasteiger partial charge in [-0.25, -0.2) is 4.79 Å². The maximum absolute atomic E-state index is 8.56. The molecule has 6 N–H and O–H groups in total. The molecule has 0 unspecified atom stereocenters. The summed E-state index contributed by atoms with van der Waals surface area (Å²) in [5.74, 6) is 0. The van der Waals surface area contributed by atoms with Gasteiger partial charge in [-0.2, -0.15) is 0 Å². The molecular weight excluding hydrogens is 256 g/mol. The molecule has 7 nitrogen and oxygen atoms in total. The predicted octanol–water partition coefficient (Wildman–Crippen LogP) is 1.24. The molecule has 0 atom stereocenters. The van der Waals surface area contributed by atoms with Crippen LogP contribution in [0.15, 0.2) is 0 Å². The third-order valence-electron chi connectivity index (χ3n) is 1.88. The summed E-state index contributed by atoms with van der Waals surface area (Å²) < 4.78 is 0. The van der Waals surface area contributed by atoms with E-state index in [-0.39, 0.29) is 13.2 Å². The number of aliphatic hydroxyl groups excluding tert-OH is 3. The van der Waals surface area contributed by atoms with Gasteiger partial charge in [-0.15, -0.1) is 0 Å². The first-order valence-electron chi connectivity index (χ1n) is 6.42. The highest BCUT2D eigenvalue weighted by atomic mass is 16.6. The van der Waals surface area contributed by atoms with Crippen molar-refractivity contribution < 1.29 is 35.4 Å². The largest absolute Gasteiger partial charge is 0.503 e. The molecule has 0 saturated heterocycles. The van der Waals surface area contributed by atoms with Gasteiger partial charge in [-0.1, -0.05) is 26.2 Å². The Morgan fingerprint density at radius 1 is 0.895 bits per heavy atom. The standard InChI is InChI=1S/C6H14O2.C5H12O2.CH2O3/c7-5-3-1-2-4-6-8;1-2-3-4-5(6)7;2-1(3)4/h7-8H,1-6H2;5-7H,2-4H2,1H3;(H2,2,3,4). The minimum Gasteiger partial charge on any atom is -0.450 e. The zero-order chi connectivity index (χ0) is 15.5. The van der Waals surface area contributed by atoms with Gasteiger partial charge < -0.3 is 30.6 Å². The lowest BCUT2D eigenvalue weighted by molar-refractivity contribution is -0.0463. The monoisotopic (exact) mass is 284 g/mol. The van der Waals surface area contributed by atoms with Crippen molar-refractivity contribution in [3.63, 3.8) is 0 Å². The molecule has 0 bridgehead atoms. The highest BCUT2D eigenvalue weighted by molar-refractivity contribution is 5.53. The number of carboxylic acid groups (broad SMARTS) is 2. The minimum atomic E-state index is -1.83. The lowest BCUT2D eigenvalue weighted by Crippen LogP contribution is -2.02. The molecule has 0 saturated carbocycles. The summed E-state index contributed by atoms with van der Waals surface area (Å²) in [4.78, 5) is 8.56. The second kappa shape index (κ2) is 22.3. The fourth-order valence-corrected chi connectivity index (χ4v) is 0.964. The normalized spacial score (nSPS) is 9.16. The lowest BCUT2D eigenvalue weighted by Gasteiger charge is -1.97. The van der Waals surface area contributed by atoms with E-state index < -0.39 is 12.4 Å². The van der Waals surface area contributed by atoms with Gasteiger partial charge in [-0.3, -0.25) is 0 Å². The van der Waals surface area contributed by atoms with Crippen LogP contribution >= 0.6 is 0 Å². The van der Waals surface area contributed by atoms with Gasteiger partial charge in [-0.05, 0) is 25.7 Å². The van der Waals surface area contributed by atoms with E-state index in [1.807, 2.05) is 6.92 Å². The molecule has 7 heteroatoms. The Morgan fingerprint density at radius 3 is 1.42 bits per heavy atom. The summed E-state index contributed by atoms with van der Waals surface area (Å²) in [7, 11) is 0. The van der Waals surface area contributed by atoms with E-state index in [9.17, 15) is 0 Å². The van der Waals surface area contributed by atoms with Crippen LogP contribution < -0.4 is 0 Å². The molecule has 0 fully saturated rings. The number of rotatable bonds is 8. The van der Waals surface area contributed by atoms with Crippen molar-refractivity contribution in [3.8, 4) is 0 Å². The van der Waals surface area contributed by atoms with Crippen LogP contribution in [0.25, 0.3) is 0 Å². The first kappa shape index (κ1) is 23.2. The predicted molar refractivity (Wildman–Crippen MR) is 71.0 cm³/mol. The topological polar surface area (TPSA) is 138 Å². The Balaban J connectivity index is -0.000000214. The number of hydrogen-bond donors (Lipinski definition) is 6. The number of hydrogen-bond acceptors (Lipinski definition) is 5. The van der Waals surface area contributed by atoms with Crippen molar-refractivity contribution in [1.82, 2.24) is 0 Å². The fraction of sp³-hybridized carbons (Fsp3) is 0.917. The summed E-state index contributed by atoms with van der Waals surface area (Å²) in [6.45, 7) is 2.58. The molecule has 0 spiro atoms. The smallest absolute Gasteiger partial charge is 0.450 e. The molecule has 0 radical (unpaired) electrons. The molecule has 0 aromatic rings. The first-order chi connectivity index (χ1) is 8.92. The van der Waals surface area contributed by atoms with Crippen LogP contribution in [0.2, 0.25) is 0 Å². The zero-order valence-corrected chi connectivity index (χ0v) is 11.5. The van der Waals surface area contributed by atoms with Crippen molar-refractivity contribution in [3.05, 3.63) is 0 Å². The van der Waals surface area contributed by atoms with Crippen LogP contribution in [0.4, 0.5) is 4.79 Å². The molecule has 0 rings (SSSR count). The summed E-state index contributed by atoms with van der Waals surface area (Å²) in [5.41, 5.74) is 0. The van der Waals surface area contributed by atoms with Crippen molar-refractivity contribution in [2.24, 2.45) is 0 Å². The van der Waals surface area contributed by atoms with E-state index in [4.69, 9.17) is 35.4 Å². The van der Waals surface area contributed by atoms with Crippen LogP contribution in [-0.2, 0) is 0 Å².